The lowest BCUT2D eigenvalue weighted by Crippen LogP contribution is -2.28. The second-order valence-corrected chi connectivity index (χ2v) is 7.54. The van der Waals surface area contributed by atoms with E-state index in [1.807, 2.05) is 0 Å². The molecule has 0 radical (unpaired) electrons. The molecule has 4 rings (SSSR count). The van der Waals surface area contributed by atoms with Crippen molar-refractivity contribution < 1.29 is 19.1 Å². The number of aldehydes is 1. The standard InChI is InChI=1S/C16H15FN2O2.C6H11NO/c17-14-5-1-13(2-6-14)11-18-16(21)19-15-7-3-12(4-8-15)9-10-20;1-7-2-4-5(3-7)6(4)8/h1-8,10H,9,11H2,(H2,18,19,21);4-6,8H,2-3H2,1H3. The van der Waals surface area contributed by atoms with Gasteiger partial charge in [-0.2, -0.15) is 0 Å². The number of piperidine rings is 1. The van der Waals surface area contributed by atoms with Crippen LogP contribution in [0.25, 0.3) is 0 Å². The zero-order valence-electron chi connectivity index (χ0n) is 16.3. The molecule has 2 aromatic rings. The molecule has 1 saturated heterocycles. The fourth-order valence-electron chi connectivity index (χ4n) is 3.49. The number of aliphatic hydroxyl groups excluding tert-OH is 1. The van der Waals surface area contributed by atoms with Gasteiger partial charge in [0.05, 0.1) is 6.10 Å². The van der Waals surface area contributed by atoms with Gasteiger partial charge in [0.25, 0.3) is 0 Å². The molecule has 0 bridgehead atoms. The van der Waals surface area contributed by atoms with Gasteiger partial charge in [-0.1, -0.05) is 24.3 Å². The summed E-state index contributed by atoms with van der Waals surface area (Å²) in [5, 5.41) is 14.4. The molecule has 2 atom stereocenters. The fourth-order valence-corrected chi connectivity index (χ4v) is 3.49. The molecule has 2 aliphatic rings. The van der Waals surface area contributed by atoms with E-state index in [0.717, 1.165) is 30.5 Å². The zero-order chi connectivity index (χ0) is 20.8. The summed E-state index contributed by atoms with van der Waals surface area (Å²) in [7, 11) is 2.11. The van der Waals surface area contributed by atoms with E-state index in [9.17, 15) is 14.0 Å². The number of carbonyl (C=O) groups is 2. The molecule has 7 heteroatoms. The van der Waals surface area contributed by atoms with Crippen molar-refractivity contribution >= 4 is 18.0 Å². The van der Waals surface area contributed by atoms with Crippen LogP contribution >= 0.6 is 0 Å². The Labute approximate surface area is 169 Å². The maximum atomic E-state index is 12.7. The lowest BCUT2D eigenvalue weighted by atomic mass is 10.1. The molecule has 154 valence electrons. The van der Waals surface area contributed by atoms with Crippen molar-refractivity contribution in [2.45, 2.75) is 19.1 Å². The molecule has 2 aromatic carbocycles. The number of amides is 2. The Hall–Kier alpha value is -2.77. The van der Waals surface area contributed by atoms with E-state index in [-0.39, 0.29) is 18.0 Å². The topological polar surface area (TPSA) is 81.7 Å². The molecule has 1 saturated carbocycles. The van der Waals surface area contributed by atoms with Gasteiger partial charge < -0.3 is 25.4 Å². The maximum absolute atomic E-state index is 12.7. The highest BCUT2D eigenvalue weighted by Gasteiger charge is 2.53. The molecule has 1 aliphatic heterocycles. The summed E-state index contributed by atoms with van der Waals surface area (Å²) in [5.41, 5.74) is 2.34. The Bertz CT molecular complexity index is 814. The number of nitrogens with one attached hydrogen (secondary N) is 2. The molecule has 3 N–H and O–H groups in total. The molecular weight excluding hydrogens is 373 g/mol. The molecule has 29 heavy (non-hydrogen) atoms. The molecule has 0 spiro atoms. The largest absolute Gasteiger partial charge is 0.392 e. The van der Waals surface area contributed by atoms with E-state index < -0.39 is 0 Å². The van der Waals surface area contributed by atoms with E-state index in [2.05, 4.69) is 22.6 Å². The Morgan fingerprint density at radius 1 is 1.10 bits per heavy atom. The van der Waals surface area contributed by atoms with Gasteiger partial charge in [0, 0.05) is 43.6 Å². The summed E-state index contributed by atoms with van der Waals surface area (Å²) in [6.07, 6.45) is 1.25. The van der Waals surface area contributed by atoms with Crippen LogP contribution < -0.4 is 10.6 Å². The second-order valence-electron chi connectivity index (χ2n) is 7.54. The van der Waals surface area contributed by atoms with Gasteiger partial charge in [-0.25, -0.2) is 9.18 Å². The average molecular weight is 399 g/mol. The van der Waals surface area contributed by atoms with Crippen LogP contribution in [0, 0.1) is 17.7 Å². The second kappa shape index (κ2) is 9.62. The normalized spacial score (nSPS) is 22.1. The number of nitrogens with zero attached hydrogens (tertiary/aromatic N) is 1. The van der Waals surface area contributed by atoms with Crippen molar-refractivity contribution in [3.63, 3.8) is 0 Å². The predicted molar refractivity (Wildman–Crippen MR) is 109 cm³/mol. The number of rotatable bonds is 5. The molecule has 2 fully saturated rings. The number of hydrogen-bond donors (Lipinski definition) is 3. The van der Waals surface area contributed by atoms with Gasteiger partial charge in [-0.05, 0) is 42.4 Å². The van der Waals surface area contributed by atoms with Crippen molar-refractivity contribution in [1.82, 2.24) is 10.2 Å². The molecular formula is C22H26FN3O3. The fraction of sp³-hybridized carbons (Fsp3) is 0.364. The summed E-state index contributed by atoms with van der Waals surface area (Å²) in [6.45, 7) is 2.55. The van der Waals surface area contributed by atoms with Crippen LogP contribution in [-0.2, 0) is 17.8 Å². The van der Waals surface area contributed by atoms with Crippen LogP contribution in [0.5, 0.6) is 0 Å². The third kappa shape index (κ3) is 6.10. The molecule has 0 aromatic heterocycles. The number of anilines is 1. The Morgan fingerprint density at radius 3 is 2.24 bits per heavy atom. The number of halogens is 1. The van der Waals surface area contributed by atoms with Crippen LogP contribution in [0.4, 0.5) is 14.9 Å². The van der Waals surface area contributed by atoms with Crippen molar-refractivity contribution in [3.8, 4) is 0 Å². The minimum Gasteiger partial charge on any atom is -0.392 e. The van der Waals surface area contributed by atoms with Gasteiger partial charge in [-0.15, -0.1) is 0 Å². The quantitative estimate of drug-likeness (QED) is 0.675. The minimum atomic E-state index is -0.345. The third-order valence-corrected chi connectivity index (χ3v) is 5.23. The van der Waals surface area contributed by atoms with Gasteiger partial charge in [-0.3, -0.25) is 0 Å². The van der Waals surface area contributed by atoms with Crippen molar-refractivity contribution in [3.05, 3.63) is 65.5 Å². The monoisotopic (exact) mass is 399 g/mol. The number of aliphatic hydroxyl groups is 1. The molecule has 2 unspecified atom stereocenters. The maximum Gasteiger partial charge on any atom is 0.319 e. The van der Waals surface area contributed by atoms with Gasteiger partial charge in [0.15, 0.2) is 0 Å². The highest BCUT2D eigenvalue weighted by Crippen LogP contribution is 2.44. The first kappa shape index (κ1) is 21.0. The highest BCUT2D eigenvalue weighted by atomic mass is 19.1. The lowest BCUT2D eigenvalue weighted by Gasteiger charge is -2.09. The summed E-state index contributed by atoms with van der Waals surface area (Å²) >= 11 is 0. The number of benzene rings is 2. The molecule has 2 amide bonds. The first-order valence-corrected chi connectivity index (χ1v) is 9.64. The van der Waals surface area contributed by atoms with Crippen LogP contribution in [-0.4, -0.2) is 48.6 Å². The van der Waals surface area contributed by atoms with Crippen LogP contribution in [0.3, 0.4) is 0 Å². The summed E-state index contributed by atoms with van der Waals surface area (Å²) in [6, 6.07) is 12.6. The van der Waals surface area contributed by atoms with E-state index in [0.29, 0.717) is 30.5 Å². The first-order chi connectivity index (χ1) is 14.0. The summed E-state index contributed by atoms with van der Waals surface area (Å²) < 4.78 is 12.7. The Morgan fingerprint density at radius 2 is 1.69 bits per heavy atom. The van der Waals surface area contributed by atoms with E-state index in [4.69, 9.17) is 5.11 Å². The van der Waals surface area contributed by atoms with Gasteiger partial charge in [0.2, 0.25) is 0 Å². The number of hydrogen-bond acceptors (Lipinski definition) is 4. The van der Waals surface area contributed by atoms with Gasteiger partial charge in [0.1, 0.15) is 12.1 Å². The Balaban J connectivity index is 0.000000246. The average Bonchev–Trinajstić information content (AvgIpc) is 3.11. The molecule has 1 heterocycles. The third-order valence-electron chi connectivity index (χ3n) is 5.23. The number of likely N-dealkylation sites (tertiary alicyclic amines) is 1. The highest BCUT2D eigenvalue weighted by molar-refractivity contribution is 5.89. The van der Waals surface area contributed by atoms with Crippen molar-refractivity contribution in [2.24, 2.45) is 11.8 Å². The van der Waals surface area contributed by atoms with E-state index in [1.165, 1.54) is 12.1 Å². The number of urea groups is 1. The zero-order valence-corrected chi connectivity index (χ0v) is 16.3. The Kier molecular flexibility index (Phi) is 6.95. The molecule has 1 aliphatic carbocycles. The minimum absolute atomic E-state index is 0.0613. The number of carbonyl (C=O) groups excluding carboxylic acids is 2. The van der Waals surface area contributed by atoms with E-state index >= 15 is 0 Å². The predicted octanol–water partition coefficient (Wildman–Crippen LogP) is 2.43. The van der Waals surface area contributed by atoms with Crippen LogP contribution in [0.1, 0.15) is 11.1 Å². The van der Waals surface area contributed by atoms with E-state index in [1.54, 1.807) is 36.4 Å². The molecule has 6 nitrogen and oxygen atoms in total. The van der Waals surface area contributed by atoms with Crippen LogP contribution in [0.15, 0.2) is 48.5 Å². The summed E-state index contributed by atoms with van der Waals surface area (Å²) in [5.74, 6) is 0.971. The first-order valence-electron chi connectivity index (χ1n) is 9.64. The van der Waals surface area contributed by atoms with Gasteiger partial charge >= 0.3 is 6.03 Å². The smallest absolute Gasteiger partial charge is 0.319 e. The number of fused-ring (bicyclic) bond motifs is 1. The van der Waals surface area contributed by atoms with Crippen molar-refractivity contribution in [1.29, 1.82) is 0 Å². The van der Waals surface area contributed by atoms with Crippen LogP contribution in [0.2, 0.25) is 0 Å². The summed E-state index contributed by atoms with van der Waals surface area (Å²) in [4.78, 5) is 24.4. The van der Waals surface area contributed by atoms with Crippen molar-refractivity contribution in [2.75, 3.05) is 25.5 Å². The lowest BCUT2D eigenvalue weighted by molar-refractivity contribution is -0.107. The SMILES string of the molecule is CN1CC2C(O)C2C1.O=CCc1ccc(NC(=O)NCc2ccc(F)cc2)cc1.